The summed E-state index contributed by atoms with van der Waals surface area (Å²) in [5, 5.41) is 17.9. The minimum atomic E-state index is -0.0400. The second-order valence-electron chi connectivity index (χ2n) is 6.88. The molecule has 2 aromatic rings. The van der Waals surface area contributed by atoms with Gasteiger partial charge >= 0.3 is 0 Å². The van der Waals surface area contributed by atoms with E-state index in [0.717, 1.165) is 40.9 Å². The molecule has 0 atom stereocenters. The molecule has 0 saturated heterocycles. The third-order valence-electron chi connectivity index (χ3n) is 5.03. The van der Waals surface area contributed by atoms with Crippen LogP contribution in [-0.4, -0.2) is 25.2 Å². The standard InChI is InChI=1S/C20H23N5O/c1-23-16-7-4-12(10-14(16)18(22)11-2-3-11)13-5-6-15(21)20-19(13)24-9-8-17(26)25-20/h4-7,10-11,22-24H,2-3,8-9,21H2,1H3,(H,25,26). The summed E-state index contributed by atoms with van der Waals surface area (Å²) in [6.45, 7) is 0.564. The molecule has 2 aromatic carbocycles. The Morgan fingerprint density at radius 2 is 2.04 bits per heavy atom. The van der Waals surface area contributed by atoms with E-state index < -0.39 is 0 Å². The summed E-state index contributed by atoms with van der Waals surface area (Å²) in [7, 11) is 1.88. The molecule has 6 N–H and O–H groups in total. The third kappa shape index (κ3) is 2.87. The Balaban J connectivity index is 1.83. The van der Waals surface area contributed by atoms with E-state index in [1.165, 1.54) is 0 Å². The number of hydrogen-bond donors (Lipinski definition) is 5. The van der Waals surface area contributed by atoms with Crippen LogP contribution in [0.3, 0.4) is 0 Å². The van der Waals surface area contributed by atoms with Gasteiger partial charge in [-0.1, -0.05) is 12.1 Å². The van der Waals surface area contributed by atoms with Crippen LogP contribution in [0.1, 0.15) is 24.8 Å². The Hall–Kier alpha value is -3.02. The summed E-state index contributed by atoms with van der Waals surface area (Å²) in [5.74, 6) is 0.333. The van der Waals surface area contributed by atoms with E-state index in [4.69, 9.17) is 11.1 Å². The number of nitrogens with one attached hydrogen (secondary N) is 4. The molecule has 1 aliphatic heterocycles. The number of hydrogen-bond acceptors (Lipinski definition) is 5. The molecule has 0 aromatic heterocycles. The van der Waals surface area contributed by atoms with Gasteiger partial charge in [0.15, 0.2) is 0 Å². The van der Waals surface area contributed by atoms with Crippen molar-refractivity contribution in [1.29, 1.82) is 5.41 Å². The summed E-state index contributed by atoms with van der Waals surface area (Å²) < 4.78 is 0. The zero-order valence-corrected chi connectivity index (χ0v) is 14.8. The van der Waals surface area contributed by atoms with Crippen molar-refractivity contribution < 1.29 is 4.79 Å². The zero-order valence-electron chi connectivity index (χ0n) is 14.8. The fraction of sp³-hybridized carbons (Fsp3) is 0.300. The number of amides is 1. The molecule has 4 rings (SSSR count). The first-order valence-corrected chi connectivity index (χ1v) is 8.95. The monoisotopic (exact) mass is 349 g/mol. The molecule has 0 radical (unpaired) electrons. The lowest BCUT2D eigenvalue weighted by molar-refractivity contribution is -0.115. The van der Waals surface area contributed by atoms with Gasteiger partial charge in [0.25, 0.3) is 0 Å². The molecular formula is C20H23N5O. The van der Waals surface area contributed by atoms with Crippen LogP contribution in [0, 0.1) is 11.3 Å². The van der Waals surface area contributed by atoms with Gasteiger partial charge in [-0.15, -0.1) is 0 Å². The van der Waals surface area contributed by atoms with Gasteiger partial charge in [-0.25, -0.2) is 0 Å². The van der Waals surface area contributed by atoms with Crippen molar-refractivity contribution in [3.05, 3.63) is 35.9 Å². The van der Waals surface area contributed by atoms with Crippen molar-refractivity contribution in [3.8, 4) is 11.1 Å². The highest BCUT2D eigenvalue weighted by Crippen LogP contribution is 2.41. The Labute approximate surface area is 152 Å². The van der Waals surface area contributed by atoms with Crippen LogP contribution in [0.2, 0.25) is 0 Å². The molecule has 0 spiro atoms. The lowest BCUT2D eigenvalue weighted by Gasteiger charge is -2.18. The number of rotatable bonds is 4. The molecule has 1 aliphatic carbocycles. The van der Waals surface area contributed by atoms with Crippen molar-refractivity contribution in [2.45, 2.75) is 19.3 Å². The zero-order chi connectivity index (χ0) is 18.3. The Bertz CT molecular complexity index is 901. The average molecular weight is 349 g/mol. The second-order valence-corrected chi connectivity index (χ2v) is 6.88. The van der Waals surface area contributed by atoms with Gasteiger partial charge in [0.05, 0.1) is 17.1 Å². The summed E-state index contributed by atoms with van der Waals surface area (Å²) in [6, 6.07) is 9.90. The van der Waals surface area contributed by atoms with Crippen molar-refractivity contribution >= 4 is 34.4 Å². The van der Waals surface area contributed by atoms with E-state index in [1.54, 1.807) is 0 Å². The van der Waals surface area contributed by atoms with E-state index in [-0.39, 0.29) is 5.91 Å². The van der Waals surface area contributed by atoms with Crippen molar-refractivity contribution in [2.75, 3.05) is 35.3 Å². The quantitative estimate of drug-likeness (QED) is 0.430. The van der Waals surface area contributed by atoms with Gasteiger partial charge in [-0.3, -0.25) is 4.79 Å². The van der Waals surface area contributed by atoms with Crippen LogP contribution in [0.25, 0.3) is 11.1 Å². The van der Waals surface area contributed by atoms with Crippen molar-refractivity contribution in [3.63, 3.8) is 0 Å². The number of carbonyl (C=O) groups is 1. The third-order valence-corrected chi connectivity index (χ3v) is 5.03. The Kier molecular flexibility index (Phi) is 4.03. The van der Waals surface area contributed by atoms with Crippen LogP contribution in [-0.2, 0) is 4.79 Å². The predicted octanol–water partition coefficient (Wildman–Crippen LogP) is 3.51. The highest BCUT2D eigenvalue weighted by atomic mass is 16.1. The molecule has 1 heterocycles. The van der Waals surface area contributed by atoms with Gasteiger partial charge in [-0.2, -0.15) is 0 Å². The summed E-state index contributed by atoms with van der Waals surface area (Å²) in [5.41, 5.74) is 12.7. The molecule has 0 unspecified atom stereocenters. The molecule has 1 amide bonds. The molecule has 26 heavy (non-hydrogen) atoms. The van der Waals surface area contributed by atoms with Crippen LogP contribution in [0.4, 0.5) is 22.7 Å². The van der Waals surface area contributed by atoms with Crippen LogP contribution >= 0.6 is 0 Å². The lowest BCUT2D eigenvalue weighted by Crippen LogP contribution is -2.11. The maximum atomic E-state index is 11.9. The number of anilines is 4. The molecular weight excluding hydrogens is 326 g/mol. The van der Waals surface area contributed by atoms with Crippen LogP contribution in [0.15, 0.2) is 30.3 Å². The highest BCUT2D eigenvalue weighted by Gasteiger charge is 2.29. The van der Waals surface area contributed by atoms with E-state index >= 15 is 0 Å². The SMILES string of the molecule is CNc1ccc(-c2ccc(N)c3c2NCCC(=O)N3)cc1C(=N)C1CC1. The lowest BCUT2D eigenvalue weighted by atomic mass is 9.95. The van der Waals surface area contributed by atoms with Crippen LogP contribution in [0.5, 0.6) is 0 Å². The first kappa shape index (κ1) is 16.4. The predicted molar refractivity (Wildman–Crippen MR) is 107 cm³/mol. The average Bonchev–Trinajstić information content (AvgIpc) is 3.49. The maximum absolute atomic E-state index is 11.9. The van der Waals surface area contributed by atoms with Gasteiger partial charge < -0.3 is 27.1 Å². The number of benzene rings is 2. The Morgan fingerprint density at radius 3 is 2.77 bits per heavy atom. The molecule has 6 nitrogen and oxygen atoms in total. The Morgan fingerprint density at radius 1 is 1.23 bits per heavy atom. The maximum Gasteiger partial charge on any atom is 0.226 e. The smallest absolute Gasteiger partial charge is 0.226 e. The topological polar surface area (TPSA) is 103 Å². The van der Waals surface area contributed by atoms with Gasteiger partial charge in [-0.05, 0) is 36.6 Å². The van der Waals surface area contributed by atoms with E-state index in [2.05, 4.69) is 22.0 Å². The van der Waals surface area contributed by atoms with E-state index in [1.807, 2.05) is 31.3 Å². The van der Waals surface area contributed by atoms with Gasteiger partial charge in [0.1, 0.15) is 0 Å². The normalized spacial score (nSPS) is 16.1. The largest absolute Gasteiger partial charge is 0.397 e. The number of nitrogens with two attached hydrogens (primary N) is 1. The fourth-order valence-electron chi connectivity index (χ4n) is 3.43. The summed E-state index contributed by atoms with van der Waals surface area (Å²) in [4.78, 5) is 11.9. The molecule has 6 heteroatoms. The highest BCUT2D eigenvalue weighted by molar-refractivity contribution is 6.08. The van der Waals surface area contributed by atoms with E-state index in [9.17, 15) is 4.79 Å². The second kappa shape index (κ2) is 6.37. The molecule has 1 saturated carbocycles. The number of fused-ring (bicyclic) bond motifs is 1. The molecule has 0 bridgehead atoms. The summed E-state index contributed by atoms with van der Waals surface area (Å²) in [6.07, 6.45) is 2.60. The molecule has 2 aliphatic rings. The van der Waals surface area contributed by atoms with Gasteiger partial charge in [0, 0.05) is 48.5 Å². The minimum absolute atomic E-state index is 0.0400. The first-order valence-electron chi connectivity index (χ1n) is 8.95. The van der Waals surface area contributed by atoms with E-state index in [0.29, 0.717) is 36.0 Å². The number of nitrogen functional groups attached to an aromatic ring is 1. The van der Waals surface area contributed by atoms with Crippen molar-refractivity contribution in [1.82, 2.24) is 0 Å². The van der Waals surface area contributed by atoms with Gasteiger partial charge in [0.2, 0.25) is 5.91 Å². The number of carbonyl (C=O) groups excluding carboxylic acids is 1. The van der Waals surface area contributed by atoms with Crippen LogP contribution < -0.4 is 21.7 Å². The van der Waals surface area contributed by atoms with Crippen molar-refractivity contribution in [2.24, 2.45) is 5.92 Å². The fourth-order valence-corrected chi connectivity index (χ4v) is 3.43. The summed E-state index contributed by atoms with van der Waals surface area (Å²) >= 11 is 0. The first-order chi connectivity index (χ1) is 12.6. The molecule has 1 fully saturated rings. The minimum Gasteiger partial charge on any atom is -0.397 e. The molecule has 134 valence electrons.